The van der Waals surface area contributed by atoms with Crippen molar-refractivity contribution >= 4 is 17.6 Å². The number of carbonyl (C=O) groups is 2. The van der Waals surface area contributed by atoms with Gasteiger partial charge in [0, 0.05) is 12.2 Å². The molecule has 2 aliphatic rings. The number of allylic oxidation sites excluding steroid dienone is 3. The third-order valence-corrected chi connectivity index (χ3v) is 4.79. The first-order valence-corrected chi connectivity index (χ1v) is 7.44. The van der Waals surface area contributed by atoms with Gasteiger partial charge in [-0.2, -0.15) is 0 Å². The van der Waals surface area contributed by atoms with Crippen molar-refractivity contribution in [2.75, 3.05) is 11.4 Å². The SMILES string of the molecule is CC(C(=O)O)c1ccc(N2CC3=CC=CCC3(C)C2=O)cc1. The summed E-state index contributed by atoms with van der Waals surface area (Å²) in [7, 11) is 0. The summed E-state index contributed by atoms with van der Waals surface area (Å²) in [5.41, 5.74) is 2.28. The quantitative estimate of drug-likeness (QED) is 0.932. The molecule has 1 N–H and O–H groups in total. The Morgan fingerprint density at radius 1 is 1.32 bits per heavy atom. The Balaban J connectivity index is 1.87. The number of aliphatic carboxylic acids is 1. The molecule has 4 nitrogen and oxygen atoms in total. The van der Waals surface area contributed by atoms with Gasteiger partial charge in [-0.1, -0.05) is 30.4 Å². The maximum Gasteiger partial charge on any atom is 0.310 e. The Kier molecular flexibility index (Phi) is 3.39. The number of carbonyl (C=O) groups excluding carboxylic acids is 1. The van der Waals surface area contributed by atoms with Gasteiger partial charge in [-0.15, -0.1) is 0 Å². The minimum absolute atomic E-state index is 0.113. The summed E-state index contributed by atoms with van der Waals surface area (Å²) >= 11 is 0. The standard InChI is InChI=1S/C18H19NO3/c1-12(16(20)21)13-6-8-15(9-7-13)19-11-14-5-3-4-10-18(14,2)17(19)22/h3-9,12H,10-11H2,1-2H3,(H,20,21). The fourth-order valence-corrected chi connectivity index (χ4v) is 3.09. The van der Waals surface area contributed by atoms with Gasteiger partial charge in [0.1, 0.15) is 0 Å². The second-order valence-electron chi connectivity index (χ2n) is 6.20. The molecule has 0 spiro atoms. The van der Waals surface area contributed by atoms with Crippen LogP contribution >= 0.6 is 0 Å². The van der Waals surface area contributed by atoms with Crippen molar-refractivity contribution in [3.8, 4) is 0 Å². The van der Waals surface area contributed by atoms with E-state index in [9.17, 15) is 9.59 Å². The van der Waals surface area contributed by atoms with Crippen LogP contribution in [0.15, 0.2) is 48.1 Å². The van der Waals surface area contributed by atoms with Crippen LogP contribution in [0.4, 0.5) is 5.69 Å². The zero-order valence-electron chi connectivity index (χ0n) is 12.7. The minimum Gasteiger partial charge on any atom is -0.481 e. The summed E-state index contributed by atoms with van der Waals surface area (Å²) in [6.07, 6.45) is 6.80. The number of anilines is 1. The van der Waals surface area contributed by atoms with E-state index in [2.05, 4.69) is 0 Å². The summed E-state index contributed by atoms with van der Waals surface area (Å²) < 4.78 is 0. The highest BCUT2D eigenvalue weighted by Gasteiger charge is 2.46. The van der Waals surface area contributed by atoms with E-state index < -0.39 is 17.3 Å². The van der Waals surface area contributed by atoms with E-state index in [1.54, 1.807) is 24.0 Å². The average Bonchev–Trinajstić information content (AvgIpc) is 2.79. The lowest BCUT2D eigenvalue weighted by molar-refractivity contribution is -0.138. The number of hydrogen-bond donors (Lipinski definition) is 1. The number of amides is 1. The highest BCUT2D eigenvalue weighted by Crippen LogP contribution is 2.43. The fraction of sp³-hybridized carbons (Fsp3) is 0.333. The van der Waals surface area contributed by atoms with Crippen LogP contribution in [-0.2, 0) is 9.59 Å². The number of benzene rings is 1. The van der Waals surface area contributed by atoms with Crippen LogP contribution in [0.25, 0.3) is 0 Å². The van der Waals surface area contributed by atoms with Crippen molar-refractivity contribution in [2.24, 2.45) is 5.41 Å². The molecule has 1 aromatic carbocycles. The second kappa shape index (κ2) is 5.13. The van der Waals surface area contributed by atoms with Gasteiger partial charge >= 0.3 is 5.97 Å². The van der Waals surface area contributed by atoms with Crippen molar-refractivity contribution in [2.45, 2.75) is 26.2 Å². The van der Waals surface area contributed by atoms with Gasteiger partial charge in [0.25, 0.3) is 0 Å². The molecule has 22 heavy (non-hydrogen) atoms. The largest absolute Gasteiger partial charge is 0.481 e. The molecule has 0 saturated carbocycles. The van der Waals surface area contributed by atoms with Crippen molar-refractivity contribution < 1.29 is 14.7 Å². The summed E-state index contributed by atoms with van der Waals surface area (Å²) in [4.78, 5) is 25.6. The highest BCUT2D eigenvalue weighted by molar-refractivity contribution is 6.03. The lowest BCUT2D eigenvalue weighted by Crippen LogP contribution is -2.33. The van der Waals surface area contributed by atoms with E-state index in [1.165, 1.54) is 0 Å². The highest BCUT2D eigenvalue weighted by atomic mass is 16.4. The van der Waals surface area contributed by atoms with E-state index in [1.807, 2.05) is 37.3 Å². The lowest BCUT2D eigenvalue weighted by Gasteiger charge is -2.24. The van der Waals surface area contributed by atoms with E-state index in [4.69, 9.17) is 5.11 Å². The first-order valence-electron chi connectivity index (χ1n) is 7.44. The molecule has 1 amide bonds. The molecule has 2 unspecified atom stereocenters. The summed E-state index contributed by atoms with van der Waals surface area (Å²) in [5, 5.41) is 9.05. The Morgan fingerprint density at radius 3 is 2.59 bits per heavy atom. The van der Waals surface area contributed by atoms with Crippen molar-refractivity contribution in [3.63, 3.8) is 0 Å². The fourth-order valence-electron chi connectivity index (χ4n) is 3.09. The smallest absolute Gasteiger partial charge is 0.310 e. The van der Waals surface area contributed by atoms with Crippen molar-refractivity contribution in [1.82, 2.24) is 0 Å². The first-order chi connectivity index (χ1) is 10.4. The Morgan fingerprint density at radius 2 is 2.00 bits per heavy atom. The van der Waals surface area contributed by atoms with Crippen LogP contribution in [0, 0.1) is 5.41 Å². The van der Waals surface area contributed by atoms with Crippen LogP contribution in [0.1, 0.15) is 31.7 Å². The van der Waals surface area contributed by atoms with Crippen molar-refractivity contribution in [1.29, 1.82) is 0 Å². The van der Waals surface area contributed by atoms with E-state index in [-0.39, 0.29) is 5.91 Å². The number of nitrogens with zero attached hydrogens (tertiary/aromatic N) is 1. The molecule has 1 heterocycles. The van der Waals surface area contributed by atoms with Crippen LogP contribution < -0.4 is 4.90 Å². The Hall–Kier alpha value is -2.36. The van der Waals surface area contributed by atoms with Gasteiger partial charge in [0.15, 0.2) is 0 Å². The topological polar surface area (TPSA) is 57.6 Å². The third-order valence-electron chi connectivity index (χ3n) is 4.79. The normalized spacial score (nSPS) is 24.9. The predicted molar refractivity (Wildman–Crippen MR) is 84.8 cm³/mol. The van der Waals surface area contributed by atoms with Crippen LogP contribution in [0.3, 0.4) is 0 Å². The van der Waals surface area contributed by atoms with Crippen molar-refractivity contribution in [3.05, 3.63) is 53.6 Å². The number of hydrogen-bond acceptors (Lipinski definition) is 2. The minimum atomic E-state index is -0.847. The molecule has 1 aliphatic heterocycles. The lowest BCUT2D eigenvalue weighted by atomic mass is 9.78. The third kappa shape index (κ3) is 2.15. The number of carboxylic acid groups (broad SMARTS) is 1. The zero-order chi connectivity index (χ0) is 15.9. The summed E-state index contributed by atoms with van der Waals surface area (Å²) in [6, 6.07) is 7.25. The number of carboxylic acids is 1. The monoisotopic (exact) mass is 297 g/mol. The molecule has 0 bridgehead atoms. The van der Waals surface area contributed by atoms with Gasteiger partial charge in [0.05, 0.1) is 11.3 Å². The second-order valence-corrected chi connectivity index (χ2v) is 6.20. The maximum absolute atomic E-state index is 12.7. The Labute approximate surface area is 129 Å². The molecule has 0 radical (unpaired) electrons. The molecule has 1 fully saturated rings. The maximum atomic E-state index is 12.7. The first kappa shape index (κ1) is 14.6. The zero-order valence-corrected chi connectivity index (χ0v) is 12.7. The van der Waals surface area contributed by atoms with Gasteiger partial charge in [0.2, 0.25) is 5.91 Å². The molecule has 2 atom stereocenters. The number of rotatable bonds is 3. The van der Waals surface area contributed by atoms with E-state index >= 15 is 0 Å². The Bertz CT molecular complexity index is 687. The molecule has 1 saturated heterocycles. The summed E-state index contributed by atoms with van der Waals surface area (Å²) in [5.74, 6) is -1.28. The molecule has 4 heteroatoms. The molecule has 1 aliphatic carbocycles. The van der Waals surface area contributed by atoms with Gasteiger partial charge in [-0.25, -0.2) is 0 Å². The number of fused-ring (bicyclic) bond motifs is 1. The van der Waals surface area contributed by atoms with Gasteiger partial charge in [-0.3, -0.25) is 9.59 Å². The van der Waals surface area contributed by atoms with Crippen LogP contribution in [-0.4, -0.2) is 23.5 Å². The molecule has 3 rings (SSSR count). The van der Waals surface area contributed by atoms with E-state index in [0.29, 0.717) is 6.54 Å². The molecular formula is C18H19NO3. The summed E-state index contributed by atoms with van der Waals surface area (Å²) in [6.45, 7) is 4.25. The molecule has 1 aromatic rings. The molecule has 0 aromatic heterocycles. The predicted octanol–water partition coefficient (Wildman–Crippen LogP) is 3.11. The van der Waals surface area contributed by atoms with Gasteiger partial charge < -0.3 is 10.0 Å². The molecular weight excluding hydrogens is 278 g/mol. The van der Waals surface area contributed by atoms with Gasteiger partial charge in [-0.05, 0) is 43.5 Å². The average molecular weight is 297 g/mol. The molecule has 114 valence electrons. The van der Waals surface area contributed by atoms with Crippen LogP contribution in [0.2, 0.25) is 0 Å². The van der Waals surface area contributed by atoms with Crippen LogP contribution in [0.5, 0.6) is 0 Å². The van der Waals surface area contributed by atoms with E-state index in [0.717, 1.165) is 23.2 Å².